The lowest BCUT2D eigenvalue weighted by atomic mass is 9.87. The predicted molar refractivity (Wildman–Crippen MR) is 117 cm³/mol. The van der Waals surface area contributed by atoms with Gasteiger partial charge in [0.25, 0.3) is 5.91 Å². The maximum atomic E-state index is 13.1. The summed E-state index contributed by atoms with van der Waals surface area (Å²) < 4.78 is 0. The van der Waals surface area contributed by atoms with E-state index in [1.807, 2.05) is 37.3 Å². The van der Waals surface area contributed by atoms with E-state index in [1.54, 1.807) is 11.0 Å². The van der Waals surface area contributed by atoms with Crippen LogP contribution in [-0.4, -0.2) is 22.4 Å². The molecule has 29 heavy (non-hydrogen) atoms. The molecule has 5 heteroatoms. The number of aromatic nitrogens is 2. The van der Waals surface area contributed by atoms with Gasteiger partial charge in [0.2, 0.25) is 0 Å². The van der Waals surface area contributed by atoms with Crippen molar-refractivity contribution in [2.24, 2.45) is 0 Å². The van der Waals surface area contributed by atoms with Crippen molar-refractivity contribution in [2.45, 2.75) is 39.5 Å². The molecule has 4 rings (SSSR count). The van der Waals surface area contributed by atoms with Crippen LogP contribution in [0.2, 0.25) is 0 Å². The number of rotatable bonds is 3. The third-order valence-corrected chi connectivity index (χ3v) is 5.21. The van der Waals surface area contributed by atoms with Crippen LogP contribution < -0.4 is 10.2 Å². The summed E-state index contributed by atoms with van der Waals surface area (Å²) in [5.74, 6) is 1.10. The monoisotopic (exact) mass is 386 g/mol. The molecule has 0 fully saturated rings. The fourth-order valence-electron chi connectivity index (χ4n) is 3.63. The quantitative estimate of drug-likeness (QED) is 0.686. The highest BCUT2D eigenvalue weighted by molar-refractivity contribution is 6.06. The Balaban J connectivity index is 1.58. The van der Waals surface area contributed by atoms with Crippen molar-refractivity contribution in [1.29, 1.82) is 0 Å². The van der Waals surface area contributed by atoms with Crippen LogP contribution in [0.25, 0.3) is 0 Å². The van der Waals surface area contributed by atoms with Gasteiger partial charge in [0.1, 0.15) is 17.3 Å². The van der Waals surface area contributed by atoms with E-state index in [-0.39, 0.29) is 11.3 Å². The molecule has 1 aliphatic heterocycles. The molecule has 0 bridgehead atoms. The summed E-state index contributed by atoms with van der Waals surface area (Å²) in [6.07, 6.45) is 0.872. The first-order valence-corrected chi connectivity index (χ1v) is 9.94. The molecule has 1 amide bonds. The summed E-state index contributed by atoms with van der Waals surface area (Å²) in [7, 11) is 0. The maximum Gasteiger partial charge on any atom is 0.277 e. The number of hydrogen-bond acceptors (Lipinski definition) is 4. The molecule has 0 aliphatic carbocycles. The average molecular weight is 386 g/mol. The highest BCUT2D eigenvalue weighted by Gasteiger charge is 2.26. The molecule has 0 saturated heterocycles. The number of para-hydroxylation sites is 1. The van der Waals surface area contributed by atoms with Gasteiger partial charge in [-0.05, 0) is 48.1 Å². The summed E-state index contributed by atoms with van der Waals surface area (Å²) >= 11 is 0. The predicted octanol–water partition coefficient (Wildman–Crippen LogP) is 5.03. The molecule has 0 radical (unpaired) electrons. The standard InChI is InChI=1S/C24H26N4O/c1-16-25-20(23(29)28-14-13-17-7-5-6-8-21(17)28)15-22(26-16)27-19-11-9-18(10-12-19)24(2,3)4/h5-12,15H,13-14H2,1-4H3,(H,25,26,27). The third kappa shape index (κ3) is 3.99. The van der Waals surface area contributed by atoms with Crippen LogP contribution in [0.1, 0.15) is 48.2 Å². The number of hydrogen-bond donors (Lipinski definition) is 1. The minimum Gasteiger partial charge on any atom is -0.340 e. The number of nitrogens with one attached hydrogen (secondary N) is 1. The normalized spacial score (nSPS) is 13.3. The molecular formula is C24H26N4O. The van der Waals surface area contributed by atoms with E-state index in [1.165, 1.54) is 11.1 Å². The van der Waals surface area contributed by atoms with Crippen molar-refractivity contribution >= 4 is 23.1 Å². The highest BCUT2D eigenvalue weighted by Crippen LogP contribution is 2.29. The second-order valence-corrected chi connectivity index (χ2v) is 8.47. The zero-order valence-electron chi connectivity index (χ0n) is 17.4. The summed E-state index contributed by atoms with van der Waals surface area (Å²) in [5.41, 5.74) is 4.88. The topological polar surface area (TPSA) is 58.1 Å². The molecule has 0 unspecified atom stereocenters. The smallest absolute Gasteiger partial charge is 0.277 e. The lowest BCUT2D eigenvalue weighted by molar-refractivity contribution is 0.0984. The van der Waals surface area contributed by atoms with Crippen molar-refractivity contribution in [1.82, 2.24) is 9.97 Å². The Labute approximate surface area is 171 Å². The fraction of sp³-hybridized carbons (Fsp3) is 0.292. The van der Waals surface area contributed by atoms with Gasteiger partial charge >= 0.3 is 0 Å². The van der Waals surface area contributed by atoms with Crippen molar-refractivity contribution in [3.8, 4) is 0 Å². The van der Waals surface area contributed by atoms with Crippen molar-refractivity contribution in [3.05, 3.63) is 77.2 Å². The Morgan fingerprint density at radius 3 is 2.48 bits per heavy atom. The molecule has 0 atom stereocenters. The number of benzene rings is 2. The van der Waals surface area contributed by atoms with Crippen LogP contribution in [0.4, 0.5) is 17.2 Å². The fourth-order valence-corrected chi connectivity index (χ4v) is 3.63. The van der Waals surface area contributed by atoms with E-state index >= 15 is 0 Å². The average Bonchev–Trinajstić information content (AvgIpc) is 3.11. The molecule has 1 aromatic heterocycles. The van der Waals surface area contributed by atoms with Crippen LogP contribution in [0.15, 0.2) is 54.6 Å². The second kappa shape index (κ2) is 7.32. The highest BCUT2D eigenvalue weighted by atomic mass is 16.2. The lowest BCUT2D eigenvalue weighted by Crippen LogP contribution is -2.30. The van der Waals surface area contributed by atoms with Crippen molar-refractivity contribution < 1.29 is 4.79 Å². The molecule has 3 aromatic rings. The molecule has 148 valence electrons. The molecule has 0 saturated carbocycles. The lowest BCUT2D eigenvalue weighted by Gasteiger charge is -2.19. The maximum absolute atomic E-state index is 13.1. The van der Waals surface area contributed by atoms with E-state index in [4.69, 9.17) is 0 Å². The van der Waals surface area contributed by atoms with E-state index in [9.17, 15) is 4.79 Å². The van der Waals surface area contributed by atoms with Gasteiger partial charge in [-0.3, -0.25) is 4.79 Å². The molecule has 0 spiro atoms. The van der Waals surface area contributed by atoms with Gasteiger partial charge in [-0.25, -0.2) is 9.97 Å². The first kappa shape index (κ1) is 19.1. The van der Waals surface area contributed by atoms with Gasteiger partial charge in [-0.1, -0.05) is 51.1 Å². The molecule has 1 aliphatic rings. The Morgan fingerprint density at radius 1 is 1.03 bits per heavy atom. The van der Waals surface area contributed by atoms with E-state index in [0.717, 1.165) is 17.8 Å². The van der Waals surface area contributed by atoms with Crippen LogP contribution in [-0.2, 0) is 11.8 Å². The zero-order chi connectivity index (χ0) is 20.6. The first-order chi connectivity index (χ1) is 13.8. The van der Waals surface area contributed by atoms with Crippen LogP contribution in [0, 0.1) is 6.92 Å². The number of anilines is 3. The molecular weight excluding hydrogens is 360 g/mol. The number of amides is 1. The van der Waals surface area contributed by atoms with Gasteiger partial charge in [0.05, 0.1) is 0 Å². The molecule has 2 heterocycles. The summed E-state index contributed by atoms with van der Waals surface area (Å²) in [6, 6.07) is 18.1. The van der Waals surface area contributed by atoms with Gasteiger partial charge in [0.15, 0.2) is 0 Å². The minimum absolute atomic E-state index is 0.0911. The van der Waals surface area contributed by atoms with Gasteiger partial charge in [-0.2, -0.15) is 0 Å². The second-order valence-electron chi connectivity index (χ2n) is 8.47. The van der Waals surface area contributed by atoms with Gasteiger partial charge in [-0.15, -0.1) is 0 Å². The van der Waals surface area contributed by atoms with Crippen molar-refractivity contribution in [3.63, 3.8) is 0 Å². The van der Waals surface area contributed by atoms with E-state index in [2.05, 4.69) is 54.3 Å². The number of nitrogens with zero attached hydrogens (tertiary/aromatic N) is 3. The molecule has 2 aromatic carbocycles. The number of aryl methyl sites for hydroxylation is 1. The zero-order valence-corrected chi connectivity index (χ0v) is 17.4. The van der Waals surface area contributed by atoms with E-state index in [0.29, 0.717) is 23.9 Å². The van der Waals surface area contributed by atoms with Crippen LogP contribution >= 0.6 is 0 Å². The first-order valence-electron chi connectivity index (χ1n) is 9.94. The largest absolute Gasteiger partial charge is 0.340 e. The molecule has 1 N–H and O–H groups in total. The van der Waals surface area contributed by atoms with Gasteiger partial charge in [0, 0.05) is 24.0 Å². The Morgan fingerprint density at radius 2 is 1.76 bits per heavy atom. The number of carbonyl (C=O) groups excluding carboxylic acids is 1. The Kier molecular flexibility index (Phi) is 4.82. The Bertz CT molecular complexity index is 1050. The molecule has 5 nitrogen and oxygen atoms in total. The van der Waals surface area contributed by atoms with E-state index < -0.39 is 0 Å². The van der Waals surface area contributed by atoms with Crippen LogP contribution in [0.5, 0.6) is 0 Å². The summed E-state index contributed by atoms with van der Waals surface area (Å²) in [5, 5.41) is 3.31. The summed E-state index contributed by atoms with van der Waals surface area (Å²) in [4.78, 5) is 23.8. The SMILES string of the molecule is Cc1nc(Nc2ccc(C(C)(C)C)cc2)cc(C(=O)N2CCc3ccccc32)n1. The number of fused-ring (bicyclic) bond motifs is 1. The Hall–Kier alpha value is -3.21. The third-order valence-electron chi connectivity index (χ3n) is 5.21. The van der Waals surface area contributed by atoms with Crippen molar-refractivity contribution in [2.75, 3.05) is 16.8 Å². The number of carbonyl (C=O) groups is 1. The van der Waals surface area contributed by atoms with Gasteiger partial charge < -0.3 is 10.2 Å². The minimum atomic E-state index is -0.0911. The van der Waals surface area contributed by atoms with Crippen LogP contribution in [0.3, 0.4) is 0 Å². The summed E-state index contributed by atoms with van der Waals surface area (Å²) in [6.45, 7) is 9.06.